The van der Waals surface area contributed by atoms with Gasteiger partial charge in [-0.25, -0.2) is 4.79 Å². The third kappa shape index (κ3) is 6.77. The van der Waals surface area contributed by atoms with Crippen molar-refractivity contribution in [2.75, 3.05) is 0 Å². The van der Waals surface area contributed by atoms with E-state index in [0.717, 1.165) is 16.7 Å². The summed E-state index contributed by atoms with van der Waals surface area (Å²) in [7, 11) is 0. The highest BCUT2D eigenvalue weighted by molar-refractivity contribution is 6.30. The third-order valence-electron chi connectivity index (χ3n) is 4.40. The summed E-state index contributed by atoms with van der Waals surface area (Å²) in [5.41, 5.74) is 2.66. The van der Waals surface area contributed by atoms with Crippen LogP contribution in [0, 0.1) is 0 Å². The van der Waals surface area contributed by atoms with Gasteiger partial charge in [0.1, 0.15) is 12.6 Å². The van der Waals surface area contributed by atoms with E-state index in [9.17, 15) is 9.59 Å². The summed E-state index contributed by atoms with van der Waals surface area (Å²) in [5.74, 6) is -0.702. The molecule has 1 amide bonds. The van der Waals surface area contributed by atoms with E-state index in [-0.39, 0.29) is 18.9 Å². The van der Waals surface area contributed by atoms with Gasteiger partial charge < -0.3 is 10.1 Å². The van der Waals surface area contributed by atoms with Crippen LogP contribution in [0.25, 0.3) is 0 Å². The first-order valence-electron chi connectivity index (χ1n) is 9.38. The van der Waals surface area contributed by atoms with E-state index >= 15 is 0 Å². The van der Waals surface area contributed by atoms with Gasteiger partial charge in [-0.3, -0.25) is 4.79 Å². The van der Waals surface area contributed by atoms with Gasteiger partial charge in [-0.2, -0.15) is 0 Å². The van der Waals surface area contributed by atoms with Crippen molar-refractivity contribution in [1.82, 2.24) is 5.32 Å². The molecule has 0 fully saturated rings. The molecule has 4 nitrogen and oxygen atoms in total. The zero-order valence-electron chi connectivity index (χ0n) is 15.9. The minimum atomic E-state index is -0.763. The SMILES string of the molecule is O=C(Cc1ccc(Cl)cc1)N[C@@H](Cc1ccccc1)C(=O)OCc1ccccc1. The van der Waals surface area contributed by atoms with Crippen molar-refractivity contribution in [3.05, 3.63) is 107 Å². The van der Waals surface area contributed by atoms with E-state index in [1.54, 1.807) is 24.3 Å². The van der Waals surface area contributed by atoms with Crippen LogP contribution >= 0.6 is 11.6 Å². The average molecular weight is 408 g/mol. The number of hydrogen-bond acceptors (Lipinski definition) is 3. The normalized spacial score (nSPS) is 11.5. The molecule has 0 aromatic heterocycles. The molecule has 0 radical (unpaired) electrons. The molecule has 0 aliphatic heterocycles. The van der Waals surface area contributed by atoms with Crippen LogP contribution in [-0.2, 0) is 33.8 Å². The number of hydrogen-bond donors (Lipinski definition) is 1. The molecule has 0 heterocycles. The molecular formula is C24H22ClNO3. The second-order valence-electron chi connectivity index (χ2n) is 6.71. The maximum absolute atomic E-state index is 12.7. The molecular weight excluding hydrogens is 386 g/mol. The van der Waals surface area contributed by atoms with Crippen LogP contribution in [0.3, 0.4) is 0 Å². The van der Waals surface area contributed by atoms with Crippen molar-refractivity contribution in [1.29, 1.82) is 0 Å². The minimum absolute atomic E-state index is 0.161. The molecule has 5 heteroatoms. The fourth-order valence-electron chi connectivity index (χ4n) is 2.91. The highest BCUT2D eigenvalue weighted by atomic mass is 35.5. The lowest BCUT2D eigenvalue weighted by Gasteiger charge is -2.18. The molecule has 0 saturated carbocycles. The van der Waals surface area contributed by atoms with Crippen molar-refractivity contribution in [2.24, 2.45) is 0 Å². The summed E-state index contributed by atoms with van der Waals surface area (Å²) in [4.78, 5) is 25.2. The van der Waals surface area contributed by atoms with Gasteiger partial charge >= 0.3 is 5.97 Å². The van der Waals surface area contributed by atoms with E-state index in [1.165, 1.54) is 0 Å². The lowest BCUT2D eigenvalue weighted by molar-refractivity contribution is -0.149. The Balaban J connectivity index is 1.65. The molecule has 0 unspecified atom stereocenters. The largest absolute Gasteiger partial charge is 0.459 e. The van der Waals surface area contributed by atoms with Gasteiger partial charge in [-0.1, -0.05) is 84.4 Å². The fraction of sp³-hybridized carbons (Fsp3) is 0.167. The molecule has 148 valence electrons. The molecule has 1 atom stereocenters. The number of amides is 1. The zero-order valence-corrected chi connectivity index (χ0v) is 16.6. The first-order valence-corrected chi connectivity index (χ1v) is 9.76. The number of rotatable bonds is 8. The van der Waals surface area contributed by atoms with Gasteiger partial charge in [0.15, 0.2) is 0 Å². The van der Waals surface area contributed by atoms with Gasteiger partial charge in [-0.15, -0.1) is 0 Å². The first kappa shape index (κ1) is 20.6. The predicted molar refractivity (Wildman–Crippen MR) is 113 cm³/mol. The number of ether oxygens (including phenoxy) is 1. The standard InChI is InChI=1S/C24H22ClNO3/c25-21-13-11-19(12-14-21)16-23(27)26-22(15-18-7-3-1-4-8-18)24(28)29-17-20-9-5-2-6-10-20/h1-14,22H,15-17H2,(H,26,27)/t22-/m0/s1. The Morgan fingerprint density at radius 1 is 0.793 bits per heavy atom. The van der Waals surface area contributed by atoms with Crippen molar-refractivity contribution < 1.29 is 14.3 Å². The topological polar surface area (TPSA) is 55.4 Å². The van der Waals surface area contributed by atoms with Crippen LogP contribution in [0.5, 0.6) is 0 Å². The molecule has 0 saturated heterocycles. The van der Waals surface area contributed by atoms with Gasteiger partial charge in [0.2, 0.25) is 5.91 Å². The molecule has 0 aliphatic carbocycles. The second-order valence-corrected chi connectivity index (χ2v) is 7.14. The van der Waals surface area contributed by atoms with E-state index < -0.39 is 12.0 Å². The van der Waals surface area contributed by atoms with Crippen molar-refractivity contribution in [3.8, 4) is 0 Å². The zero-order chi connectivity index (χ0) is 20.5. The van der Waals surface area contributed by atoms with Gasteiger partial charge in [-0.05, 0) is 28.8 Å². The molecule has 3 aromatic carbocycles. The van der Waals surface area contributed by atoms with Crippen LogP contribution in [-0.4, -0.2) is 17.9 Å². The van der Waals surface area contributed by atoms with Crippen LogP contribution in [0.15, 0.2) is 84.9 Å². The van der Waals surface area contributed by atoms with E-state index in [0.29, 0.717) is 11.4 Å². The summed E-state index contributed by atoms with van der Waals surface area (Å²) in [5, 5.41) is 3.43. The number of esters is 1. The Bertz CT molecular complexity index is 927. The lowest BCUT2D eigenvalue weighted by atomic mass is 10.1. The molecule has 3 rings (SSSR count). The molecule has 3 aromatic rings. The third-order valence-corrected chi connectivity index (χ3v) is 4.66. The van der Waals surface area contributed by atoms with Crippen molar-refractivity contribution in [2.45, 2.75) is 25.5 Å². The monoisotopic (exact) mass is 407 g/mol. The summed E-state index contributed by atoms with van der Waals surface area (Å²) in [6, 6.07) is 25.3. The summed E-state index contributed by atoms with van der Waals surface area (Å²) >= 11 is 5.89. The highest BCUT2D eigenvalue weighted by Crippen LogP contribution is 2.11. The predicted octanol–water partition coefficient (Wildman–Crippen LogP) is 4.35. The second kappa shape index (κ2) is 10.4. The molecule has 0 aliphatic rings. The summed E-state index contributed by atoms with van der Waals surface area (Å²) < 4.78 is 5.46. The Kier molecular flexibility index (Phi) is 7.42. The van der Waals surface area contributed by atoms with Crippen molar-refractivity contribution in [3.63, 3.8) is 0 Å². The summed E-state index contributed by atoms with van der Waals surface area (Å²) in [6.07, 6.45) is 0.523. The van der Waals surface area contributed by atoms with Crippen LogP contribution in [0.1, 0.15) is 16.7 Å². The molecule has 0 spiro atoms. The molecule has 0 bridgehead atoms. The van der Waals surface area contributed by atoms with Gasteiger partial charge in [0, 0.05) is 11.4 Å². The van der Waals surface area contributed by atoms with Crippen LogP contribution < -0.4 is 5.32 Å². The van der Waals surface area contributed by atoms with Crippen LogP contribution in [0.2, 0.25) is 5.02 Å². The van der Waals surface area contributed by atoms with E-state index in [2.05, 4.69) is 5.32 Å². The summed E-state index contributed by atoms with van der Waals surface area (Å²) in [6.45, 7) is 0.165. The average Bonchev–Trinajstić information content (AvgIpc) is 2.74. The van der Waals surface area contributed by atoms with Gasteiger partial charge in [0.25, 0.3) is 0 Å². The molecule has 29 heavy (non-hydrogen) atoms. The number of nitrogens with one attached hydrogen (secondary N) is 1. The van der Waals surface area contributed by atoms with E-state index in [4.69, 9.17) is 16.3 Å². The first-order chi connectivity index (χ1) is 14.1. The fourth-order valence-corrected chi connectivity index (χ4v) is 3.03. The van der Waals surface area contributed by atoms with Crippen LogP contribution in [0.4, 0.5) is 0 Å². The maximum atomic E-state index is 12.7. The number of carbonyl (C=O) groups excluding carboxylic acids is 2. The highest BCUT2D eigenvalue weighted by Gasteiger charge is 2.23. The lowest BCUT2D eigenvalue weighted by Crippen LogP contribution is -2.44. The Morgan fingerprint density at radius 3 is 2.00 bits per heavy atom. The maximum Gasteiger partial charge on any atom is 0.329 e. The Morgan fingerprint density at radius 2 is 1.38 bits per heavy atom. The smallest absolute Gasteiger partial charge is 0.329 e. The Labute approximate surface area is 175 Å². The number of benzene rings is 3. The number of carbonyl (C=O) groups is 2. The Hall–Kier alpha value is -3.11. The van der Waals surface area contributed by atoms with Crippen molar-refractivity contribution >= 4 is 23.5 Å². The molecule has 1 N–H and O–H groups in total. The minimum Gasteiger partial charge on any atom is -0.459 e. The van der Waals surface area contributed by atoms with E-state index in [1.807, 2.05) is 60.7 Å². The number of halogens is 1. The quantitative estimate of drug-likeness (QED) is 0.565. The van der Waals surface area contributed by atoms with Gasteiger partial charge in [0.05, 0.1) is 6.42 Å².